The zero-order chi connectivity index (χ0) is 15.8. The van der Waals surface area contributed by atoms with E-state index in [0.717, 1.165) is 0 Å². The van der Waals surface area contributed by atoms with Crippen LogP contribution in [-0.2, 0) is 5.41 Å². The van der Waals surface area contributed by atoms with Crippen molar-refractivity contribution in [3.63, 3.8) is 0 Å². The second-order valence-corrected chi connectivity index (χ2v) is 5.70. The Kier molecular flexibility index (Phi) is 3.59. The number of benzene rings is 1. The maximum atomic E-state index is 11.3. The van der Waals surface area contributed by atoms with Crippen LogP contribution in [0.4, 0.5) is 11.5 Å². The summed E-state index contributed by atoms with van der Waals surface area (Å²) in [6.45, 7) is 5.58. The molecule has 0 amide bonds. The van der Waals surface area contributed by atoms with Crippen LogP contribution < -0.4 is 10.5 Å². The van der Waals surface area contributed by atoms with E-state index in [1.807, 2.05) is 20.8 Å². The molecule has 0 unspecified atom stereocenters. The van der Waals surface area contributed by atoms with Gasteiger partial charge in [-0.15, -0.1) is 0 Å². The van der Waals surface area contributed by atoms with Crippen LogP contribution in [0.3, 0.4) is 0 Å². The molecule has 0 spiro atoms. The highest BCUT2D eigenvalue weighted by atomic mass is 16.6. The van der Waals surface area contributed by atoms with E-state index in [1.54, 1.807) is 31.4 Å². The summed E-state index contributed by atoms with van der Waals surface area (Å²) >= 11 is 0. The minimum Gasteiger partial charge on any atom is -0.497 e. The molecule has 1 aromatic heterocycles. The van der Waals surface area contributed by atoms with Crippen LogP contribution in [0, 0.1) is 10.1 Å². The van der Waals surface area contributed by atoms with Gasteiger partial charge < -0.3 is 10.5 Å². The third kappa shape index (κ3) is 2.67. The van der Waals surface area contributed by atoms with Crippen LogP contribution in [0.2, 0.25) is 0 Å². The summed E-state index contributed by atoms with van der Waals surface area (Å²) in [7, 11) is 1.55. The van der Waals surface area contributed by atoms with Crippen molar-refractivity contribution >= 4 is 11.5 Å². The van der Waals surface area contributed by atoms with Gasteiger partial charge in [-0.2, -0.15) is 5.10 Å². The van der Waals surface area contributed by atoms with Gasteiger partial charge >= 0.3 is 5.69 Å². The van der Waals surface area contributed by atoms with Gasteiger partial charge in [-0.1, -0.05) is 26.8 Å². The number of anilines is 1. The van der Waals surface area contributed by atoms with Crippen LogP contribution >= 0.6 is 0 Å². The van der Waals surface area contributed by atoms with Crippen LogP contribution in [-0.4, -0.2) is 21.8 Å². The summed E-state index contributed by atoms with van der Waals surface area (Å²) in [6, 6.07) is 7.04. The Labute approximate surface area is 122 Å². The summed E-state index contributed by atoms with van der Waals surface area (Å²) in [5.41, 5.74) is 6.28. The Morgan fingerprint density at radius 2 is 2.05 bits per heavy atom. The molecule has 112 valence electrons. The molecule has 0 aliphatic heterocycles. The molecular weight excluding hydrogens is 272 g/mol. The van der Waals surface area contributed by atoms with Crippen molar-refractivity contribution in [2.45, 2.75) is 26.2 Å². The highest BCUT2D eigenvalue weighted by Gasteiger charge is 2.33. The highest BCUT2D eigenvalue weighted by Crippen LogP contribution is 2.36. The van der Waals surface area contributed by atoms with Gasteiger partial charge in [0.05, 0.1) is 17.7 Å². The lowest BCUT2D eigenvalue weighted by Gasteiger charge is -2.13. The van der Waals surface area contributed by atoms with Gasteiger partial charge in [0.2, 0.25) is 5.82 Å². The summed E-state index contributed by atoms with van der Waals surface area (Å²) in [6.07, 6.45) is 0. The van der Waals surface area contributed by atoms with E-state index in [1.165, 1.54) is 4.68 Å². The van der Waals surface area contributed by atoms with E-state index < -0.39 is 10.3 Å². The van der Waals surface area contributed by atoms with Gasteiger partial charge in [0.15, 0.2) is 0 Å². The van der Waals surface area contributed by atoms with Crippen LogP contribution in [0.15, 0.2) is 24.3 Å². The standard InChI is InChI=1S/C14H18N4O3/c1-14(2,3)12-11(18(19)20)13(15)17(16-12)9-6-5-7-10(8-9)21-4/h5-8H,15H2,1-4H3. The molecule has 0 atom stereocenters. The lowest BCUT2D eigenvalue weighted by atomic mass is 9.91. The largest absolute Gasteiger partial charge is 0.497 e. The number of nitro groups is 1. The summed E-state index contributed by atoms with van der Waals surface area (Å²) in [5, 5.41) is 15.6. The fourth-order valence-corrected chi connectivity index (χ4v) is 2.05. The van der Waals surface area contributed by atoms with E-state index in [-0.39, 0.29) is 11.5 Å². The van der Waals surface area contributed by atoms with E-state index in [2.05, 4.69) is 5.10 Å². The van der Waals surface area contributed by atoms with Crippen molar-refractivity contribution < 1.29 is 9.66 Å². The number of nitrogens with two attached hydrogens (primary N) is 1. The van der Waals surface area contributed by atoms with Gasteiger partial charge in [0, 0.05) is 11.5 Å². The molecule has 2 rings (SSSR count). The number of methoxy groups -OCH3 is 1. The molecule has 7 nitrogen and oxygen atoms in total. The number of hydrogen-bond acceptors (Lipinski definition) is 5. The van der Waals surface area contributed by atoms with Crippen LogP contribution in [0.1, 0.15) is 26.5 Å². The van der Waals surface area contributed by atoms with Crippen molar-refractivity contribution in [2.24, 2.45) is 0 Å². The average Bonchev–Trinajstić information content (AvgIpc) is 2.76. The maximum absolute atomic E-state index is 11.3. The molecule has 21 heavy (non-hydrogen) atoms. The maximum Gasteiger partial charge on any atom is 0.334 e. The first-order chi connectivity index (χ1) is 9.75. The number of nitrogens with zero attached hydrogens (tertiary/aromatic N) is 3. The van der Waals surface area contributed by atoms with Crippen molar-refractivity contribution in [3.8, 4) is 11.4 Å². The zero-order valence-corrected chi connectivity index (χ0v) is 12.5. The first-order valence-electron chi connectivity index (χ1n) is 6.43. The van der Waals surface area contributed by atoms with E-state index in [9.17, 15) is 10.1 Å². The summed E-state index contributed by atoms with van der Waals surface area (Å²) in [5.74, 6) is 0.639. The van der Waals surface area contributed by atoms with Gasteiger partial charge in [0.1, 0.15) is 11.4 Å². The number of hydrogen-bond donors (Lipinski definition) is 1. The molecule has 0 aliphatic rings. The second-order valence-electron chi connectivity index (χ2n) is 5.70. The molecule has 2 aromatic rings. The normalized spacial score (nSPS) is 11.4. The minimum atomic E-state index is -0.487. The van der Waals surface area contributed by atoms with Gasteiger partial charge in [0.25, 0.3) is 0 Å². The Morgan fingerprint density at radius 3 is 2.52 bits per heavy atom. The quantitative estimate of drug-likeness (QED) is 0.692. The first-order valence-corrected chi connectivity index (χ1v) is 6.43. The minimum absolute atomic E-state index is 0.0122. The monoisotopic (exact) mass is 290 g/mol. The number of nitrogen functional groups attached to an aromatic ring is 1. The van der Waals surface area contributed by atoms with Crippen LogP contribution in [0.5, 0.6) is 5.75 Å². The fraction of sp³-hybridized carbons (Fsp3) is 0.357. The van der Waals surface area contributed by atoms with Crippen molar-refractivity contribution in [1.82, 2.24) is 9.78 Å². The molecule has 1 heterocycles. The van der Waals surface area contributed by atoms with E-state index in [4.69, 9.17) is 10.5 Å². The Bertz CT molecular complexity index is 686. The van der Waals surface area contributed by atoms with E-state index >= 15 is 0 Å². The molecule has 0 saturated heterocycles. The predicted molar refractivity (Wildman–Crippen MR) is 79.9 cm³/mol. The molecule has 7 heteroatoms. The van der Waals surface area contributed by atoms with Gasteiger partial charge in [-0.05, 0) is 12.1 Å². The summed E-state index contributed by atoms with van der Waals surface area (Å²) in [4.78, 5) is 10.8. The number of ether oxygens (including phenoxy) is 1. The topological polar surface area (TPSA) is 96.2 Å². The molecular formula is C14H18N4O3. The second kappa shape index (κ2) is 5.08. The molecule has 2 N–H and O–H groups in total. The zero-order valence-electron chi connectivity index (χ0n) is 12.5. The van der Waals surface area contributed by atoms with Gasteiger partial charge in [-0.25, -0.2) is 4.68 Å². The molecule has 0 fully saturated rings. The molecule has 0 bridgehead atoms. The first kappa shape index (κ1) is 14.8. The Balaban J connectivity index is 2.68. The predicted octanol–water partition coefficient (Wildman–Crippen LogP) is 2.67. The molecule has 0 radical (unpaired) electrons. The summed E-state index contributed by atoms with van der Waals surface area (Å²) < 4.78 is 6.53. The smallest absolute Gasteiger partial charge is 0.334 e. The van der Waals surface area contributed by atoms with Gasteiger partial charge in [-0.3, -0.25) is 10.1 Å². The SMILES string of the molecule is COc1cccc(-n2nc(C(C)(C)C)c([N+](=O)[O-])c2N)c1. The highest BCUT2D eigenvalue weighted by molar-refractivity contribution is 5.62. The lowest BCUT2D eigenvalue weighted by Crippen LogP contribution is -2.14. The molecule has 0 saturated carbocycles. The Morgan fingerprint density at radius 1 is 1.38 bits per heavy atom. The van der Waals surface area contributed by atoms with Crippen molar-refractivity contribution in [1.29, 1.82) is 0 Å². The Hall–Kier alpha value is -2.57. The third-order valence-electron chi connectivity index (χ3n) is 3.09. The average molecular weight is 290 g/mol. The third-order valence-corrected chi connectivity index (χ3v) is 3.09. The number of rotatable bonds is 3. The lowest BCUT2D eigenvalue weighted by molar-refractivity contribution is -0.385. The van der Waals surface area contributed by atoms with Crippen molar-refractivity contribution in [3.05, 3.63) is 40.1 Å². The van der Waals surface area contributed by atoms with E-state index in [0.29, 0.717) is 17.1 Å². The molecule has 0 aliphatic carbocycles. The molecule has 1 aromatic carbocycles. The van der Waals surface area contributed by atoms with Crippen molar-refractivity contribution in [2.75, 3.05) is 12.8 Å². The fourth-order valence-electron chi connectivity index (χ4n) is 2.05. The van der Waals surface area contributed by atoms with Crippen LogP contribution in [0.25, 0.3) is 5.69 Å². The number of aromatic nitrogens is 2.